The lowest BCUT2D eigenvalue weighted by atomic mass is 10.0. The highest BCUT2D eigenvalue weighted by Gasteiger charge is 2.17. The Morgan fingerprint density at radius 1 is 0.293 bits per heavy atom. The zero-order valence-corrected chi connectivity index (χ0v) is 31.5. The van der Waals surface area contributed by atoms with Crippen molar-refractivity contribution < 1.29 is 4.39 Å². The van der Waals surface area contributed by atoms with Crippen LogP contribution in [0.4, 0.5) is 21.5 Å². The predicted molar refractivity (Wildman–Crippen MR) is 241 cm³/mol. The molecule has 58 heavy (non-hydrogen) atoms. The molecule has 0 unspecified atom stereocenters. The van der Waals surface area contributed by atoms with Crippen molar-refractivity contribution in [3.8, 4) is 33.6 Å². The average Bonchev–Trinajstić information content (AvgIpc) is 3.80. The van der Waals surface area contributed by atoms with Crippen LogP contribution in [0.1, 0.15) is 0 Å². The molecule has 0 N–H and O–H groups in total. The van der Waals surface area contributed by atoms with E-state index >= 15 is 0 Å². The molecule has 2 heterocycles. The maximum atomic E-state index is 14.4. The van der Waals surface area contributed by atoms with Gasteiger partial charge in [-0.05, 0) is 125 Å². The van der Waals surface area contributed by atoms with Gasteiger partial charge in [-0.2, -0.15) is 0 Å². The molecule has 0 fully saturated rings. The highest BCUT2D eigenvalue weighted by molar-refractivity contribution is 6.12. The largest absolute Gasteiger partial charge is 0.311 e. The summed E-state index contributed by atoms with van der Waals surface area (Å²) in [5.41, 5.74) is 14.3. The molecule has 274 valence electrons. The van der Waals surface area contributed by atoms with Gasteiger partial charge in [0.25, 0.3) is 0 Å². The van der Waals surface area contributed by atoms with Gasteiger partial charge >= 0.3 is 0 Å². The summed E-state index contributed by atoms with van der Waals surface area (Å²) in [5.74, 6) is -0.246. The standard InChI is InChI=1S/C54H36FN3/c55-41-12-11-17-46(36-41)58-52-21-10-8-19-48(52)50-35-40(27-33-54(50)58)39-26-32-53-49(34-39)47-18-7-9-20-51(47)57(53)45-30-24-38(25-31-45)37-22-28-44(29-23-37)56(42-13-3-1-4-14-42)43-15-5-2-6-16-43/h1-36H. The van der Waals surface area contributed by atoms with E-state index in [-0.39, 0.29) is 5.82 Å². The fourth-order valence-electron chi connectivity index (χ4n) is 8.68. The van der Waals surface area contributed by atoms with Gasteiger partial charge < -0.3 is 14.0 Å². The molecule has 0 saturated carbocycles. The molecule has 0 bridgehead atoms. The molecule has 2 aromatic heterocycles. The van der Waals surface area contributed by atoms with E-state index in [9.17, 15) is 4.39 Å². The van der Waals surface area contributed by atoms with Crippen LogP contribution < -0.4 is 4.90 Å². The topological polar surface area (TPSA) is 13.1 Å². The molecular formula is C54H36FN3. The summed E-state index contributed by atoms with van der Waals surface area (Å²) in [6.45, 7) is 0. The number of anilines is 3. The van der Waals surface area contributed by atoms with Crippen LogP contribution in [-0.2, 0) is 0 Å². The third-order valence-electron chi connectivity index (χ3n) is 11.4. The number of nitrogens with zero attached hydrogens (tertiary/aromatic N) is 3. The number of benzene rings is 9. The number of fused-ring (bicyclic) bond motifs is 6. The van der Waals surface area contributed by atoms with E-state index in [0.717, 1.165) is 66.9 Å². The first kappa shape index (κ1) is 33.6. The molecular weight excluding hydrogens is 710 g/mol. The molecule has 11 aromatic rings. The molecule has 0 saturated heterocycles. The fourth-order valence-corrected chi connectivity index (χ4v) is 8.68. The number of rotatable bonds is 7. The van der Waals surface area contributed by atoms with Crippen LogP contribution in [0.2, 0.25) is 0 Å². The van der Waals surface area contributed by atoms with E-state index in [2.05, 4.69) is 202 Å². The Balaban J connectivity index is 0.950. The monoisotopic (exact) mass is 745 g/mol. The Labute approximate surface area is 335 Å². The number of halogens is 1. The smallest absolute Gasteiger partial charge is 0.125 e. The first-order valence-corrected chi connectivity index (χ1v) is 19.6. The summed E-state index contributed by atoms with van der Waals surface area (Å²) in [5, 5.41) is 4.70. The highest BCUT2D eigenvalue weighted by atomic mass is 19.1. The fraction of sp³-hybridized carbons (Fsp3) is 0. The third-order valence-corrected chi connectivity index (χ3v) is 11.4. The second-order valence-corrected chi connectivity index (χ2v) is 14.7. The predicted octanol–water partition coefficient (Wildman–Crippen LogP) is 14.8. The average molecular weight is 746 g/mol. The summed E-state index contributed by atoms with van der Waals surface area (Å²) in [4.78, 5) is 2.28. The molecule has 0 amide bonds. The first-order valence-electron chi connectivity index (χ1n) is 19.6. The molecule has 0 atom stereocenters. The third kappa shape index (κ3) is 5.65. The van der Waals surface area contributed by atoms with Gasteiger partial charge in [0, 0.05) is 50.0 Å². The van der Waals surface area contributed by atoms with E-state index in [0.29, 0.717) is 0 Å². The summed E-state index contributed by atoms with van der Waals surface area (Å²) in [6.07, 6.45) is 0. The normalized spacial score (nSPS) is 11.5. The van der Waals surface area contributed by atoms with Gasteiger partial charge in [0.1, 0.15) is 5.82 Å². The lowest BCUT2D eigenvalue weighted by Crippen LogP contribution is -2.09. The van der Waals surface area contributed by atoms with Crippen molar-refractivity contribution in [2.24, 2.45) is 0 Å². The molecule has 4 heteroatoms. The van der Waals surface area contributed by atoms with Crippen molar-refractivity contribution in [3.05, 3.63) is 224 Å². The van der Waals surface area contributed by atoms with Gasteiger partial charge in [-0.1, -0.05) is 115 Å². The highest BCUT2D eigenvalue weighted by Crippen LogP contribution is 2.39. The lowest BCUT2D eigenvalue weighted by Gasteiger charge is -2.25. The molecule has 9 aromatic carbocycles. The molecule has 0 aliphatic rings. The van der Waals surface area contributed by atoms with E-state index in [1.54, 1.807) is 12.1 Å². The number of hydrogen-bond acceptors (Lipinski definition) is 1. The lowest BCUT2D eigenvalue weighted by molar-refractivity contribution is 0.627. The summed E-state index contributed by atoms with van der Waals surface area (Å²) >= 11 is 0. The quantitative estimate of drug-likeness (QED) is 0.158. The minimum absolute atomic E-state index is 0.246. The van der Waals surface area contributed by atoms with Crippen LogP contribution in [0.25, 0.3) is 77.2 Å². The zero-order valence-electron chi connectivity index (χ0n) is 31.5. The van der Waals surface area contributed by atoms with Crippen LogP contribution in [0.15, 0.2) is 218 Å². The molecule has 0 aliphatic heterocycles. The molecule has 0 radical (unpaired) electrons. The Kier molecular flexibility index (Phi) is 8.00. The van der Waals surface area contributed by atoms with Crippen LogP contribution >= 0.6 is 0 Å². The number of aromatic nitrogens is 2. The minimum atomic E-state index is -0.246. The van der Waals surface area contributed by atoms with Gasteiger partial charge in [-0.25, -0.2) is 4.39 Å². The van der Waals surface area contributed by atoms with Gasteiger partial charge in [0.15, 0.2) is 0 Å². The summed E-state index contributed by atoms with van der Waals surface area (Å²) < 4.78 is 18.9. The Morgan fingerprint density at radius 3 is 1.26 bits per heavy atom. The zero-order chi connectivity index (χ0) is 38.6. The number of hydrogen-bond donors (Lipinski definition) is 0. The minimum Gasteiger partial charge on any atom is -0.311 e. The van der Waals surface area contributed by atoms with Crippen molar-refractivity contribution in [3.63, 3.8) is 0 Å². The Bertz CT molecular complexity index is 3230. The van der Waals surface area contributed by atoms with Crippen molar-refractivity contribution in [2.45, 2.75) is 0 Å². The van der Waals surface area contributed by atoms with Gasteiger partial charge in [-0.3, -0.25) is 0 Å². The Morgan fingerprint density at radius 2 is 0.724 bits per heavy atom. The number of para-hydroxylation sites is 4. The van der Waals surface area contributed by atoms with E-state index in [1.807, 2.05) is 12.1 Å². The van der Waals surface area contributed by atoms with E-state index in [4.69, 9.17) is 0 Å². The maximum Gasteiger partial charge on any atom is 0.125 e. The van der Waals surface area contributed by atoms with Crippen molar-refractivity contribution in [2.75, 3.05) is 4.90 Å². The van der Waals surface area contributed by atoms with Crippen LogP contribution in [0.5, 0.6) is 0 Å². The van der Waals surface area contributed by atoms with Gasteiger partial charge in [0.2, 0.25) is 0 Å². The first-order chi connectivity index (χ1) is 28.7. The second kappa shape index (κ2) is 13.8. The SMILES string of the molecule is Fc1cccc(-n2c3ccccc3c3cc(-c4ccc5c(c4)c4ccccc4n5-c4ccc(-c5ccc(N(c6ccccc6)c6ccccc6)cc5)cc4)ccc32)c1. The molecule has 0 spiro atoms. The Hall–Kier alpha value is -7.69. The van der Waals surface area contributed by atoms with E-state index < -0.39 is 0 Å². The molecule has 11 rings (SSSR count). The maximum absolute atomic E-state index is 14.4. The second-order valence-electron chi connectivity index (χ2n) is 14.7. The summed E-state index contributed by atoms with van der Waals surface area (Å²) in [6, 6.07) is 76.0. The van der Waals surface area contributed by atoms with Crippen molar-refractivity contribution >= 4 is 60.7 Å². The molecule has 0 aliphatic carbocycles. The van der Waals surface area contributed by atoms with Crippen LogP contribution in [-0.4, -0.2) is 9.13 Å². The van der Waals surface area contributed by atoms with Crippen LogP contribution in [0, 0.1) is 5.82 Å². The van der Waals surface area contributed by atoms with Crippen LogP contribution in [0.3, 0.4) is 0 Å². The van der Waals surface area contributed by atoms with Crippen molar-refractivity contribution in [1.82, 2.24) is 9.13 Å². The van der Waals surface area contributed by atoms with Gasteiger partial charge in [-0.15, -0.1) is 0 Å². The van der Waals surface area contributed by atoms with Crippen molar-refractivity contribution in [1.29, 1.82) is 0 Å². The summed E-state index contributed by atoms with van der Waals surface area (Å²) in [7, 11) is 0. The van der Waals surface area contributed by atoms with E-state index in [1.165, 1.54) is 33.5 Å². The van der Waals surface area contributed by atoms with Gasteiger partial charge in [0.05, 0.1) is 22.1 Å². The molecule has 3 nitrogen and oxygen atoms in total.